The highest BCUT2D eigenvalue weighted by atomic mass is 32.2. The second-order valence-electron chi connectivity index (χ2n) is 5.16. The molecule has 0 aliphatic heterocycles. The summed E-state index contributed by atoms with van der Waals surface area (Å²) in [6, 6.07) is 3.84. The summed E-state index contributed by atoms with van der Waals surface area (Å²) in [5.74, 6) is 0. The number of hydrogen-bond acceptors (Lipinski definition) is 4. The molecule has 6 nitrogen and oxygen atoms in total. The molecule has 20 heavy (non-hydrogen) atoms. The first-order valence-corrected chi connectivity index (χ1v) is 8.16. The fraction of sp³-hybridized carbons (Fsp3) is 0.538. The molecule has 0 bridgehead atoms. The van der Waals surface area contributed by atoms with Gasteiger partial charge in [-0.25, -0.2) is 13.1 Å². The minimum atomic E-state index is -3.70. The van der Waals surface area contributed by atoms with Crippen LogP contribution in [-0.4, -0.2) is 19.4 Å². The average Bonchev–Trinajstić information content (AvgIpc) is 2.39. The van der Waals surface area contributed by atoms with E-state index >= 15 is 0 Å². The minimum absolute atomic E-state index is 0.00252. The Bertz CT molecular complexity index is 607. The molecule has 0 unspecified atom stereocenters. The maximum Gasteiger partial charge on any atom is 0.270 e. The summed E-state index contributed by atoms with van der Waals surface area (Å²) >= 11 is 0. The van der Waals surface area contributed by atoms with Crippen molar-refractivity contribution in [3.05, 3.63) is 33.9 Å². The van der Waals surface area contributed by atoms with Crippen molar-refractivity contribution in [1.29, 1.82) is 0 Å². The van der Waals surface area contributed by atoms with Gasteiger partial charge in [0.2, 0.25) is 10.0 Å². The lowest BCUT2D eigenvalue weighted by Crippen LogP contribution is -2.36. The van der Waals surface area contributed by atoms with Crippen molar-refractivity contribution in [3.8, 4) is 0 Å². The van der Waals surface area contributed by atoms with Gasteiger partial charge >= 0.3 is 0 Å². The number of rotatable bonds is 4. The Balaban J connectivity index is 2.28. The van der Waals surface area contributed by atoms with Crippen molar-refractivity contribution in [2.45, 2.75) is 50.0 Å². The Morgan fingerprint density at radius 2 is 1.90 bits per heavy atom. The monoisotopic (exact) mass is 298 g/mol. The lowest BCUT2D eigenvalue weighted by molar-refractivity contribution is -0.385. The van der Waals surface area contributed by atoms with E-state index < -0.39 is 14.9 Å². The van der Waals surface area contributed by atoms with Gasteiger partial charge in [0.05, 0.1) is 9.82 Å². The van der Waals surface area contributed by atoms with Gasteiger partial charge in [0, 0.05) is 18.2 Å². The summed E-state index contributed by atoms with van der Waals surface area (Å²) < 4.78 is 27.4. The first kappa shape index (κ1) is 14.9. The third-order valence-electron chi connectivity index (χ3n) is 3.60. The van der Waals surface area contributed by atoms with Gasteiger partial charge in [-0.1, -0.05) is 25.3 Å². The summed E-state index contributed by atoms with van der Waals surface area (Å²) in [4.78, 5) is 10.2. The summed E-state index contributed by atoms with van der Waals surface area (Å²) in [6.07, 6.45) is 4.82. The molecule has 1 fully saturated rings. The number of nitrogens with one attached hydrogen (secondary N) is 1. The lowest BCUT2D eigenvalue weighted by atomic mass is 9.96. The van der Waals surface area contributed by atoms with Crippen LogP contribution in [0.5, 0.6) is 0 Å². The summed E-state index contributed by atoms with van der Waals surface area (Å²) in [6.45, 7) is 1.64. The zero-order chi connectivity index (χ0) is 14.8. The fourth-order valence-electron chi connectivity index (χ4n) is 2.50. The molecule has 0 amide bonds. The zero-order valence-corrected chi connectivity index (χ0v) is 12.1. The van der Waals surface area contributed by atoms with Crippen molar-refractivity contribution < 1.29 is 13.3 Å². The van der Waals surface area contributed by atoms with Crippen LogP contribution in [0.3, 0.4) is 0 Å². The quantitative estimate of drug-likeness (QED) is 0.683. The molecule has 0 heterocycles. The highest BCUT2D eigenvalue weighted by molar-refractivity contribution is 7.89. The number of nitrogens with zero attached hydrogens (tertiary/aromatic N) is 1. The second kappa shape index (κ2) is 5.88. The van der Waals surface area contributed by atoms with Crippen LogP contribution in [0.2, 0.25) is 0 Å². The predicted molar refractivity (Wildman–Crippen MR) is 75.0 cm³/mol. The van der Waals surface area contributed by atoms with Gasteiger partial charge in [-0.3, -0.25) is 10.1 Å². The Morgan fingerprint density at radius 1 is 1.25 bits per heavy atom. The van der Waals surface area contributed by atoms with E-state index in [9.17, 15) is 18.5 Å². The van der Waals surface area contributed by atoms with Crippen molar-refractivity contribution in [2.24, 2.45) is 0 Å². The number of benzene rings is 1. The summed E-state index contributed by atoms with van der Waals surface area (Å²) in [5.41, 5.74) is 0.304. The maximum atomic E-state index is 12.4. The summed E-state index contributed by atoms with van der Waals surface area (Å²) in [5, 5.41) is 10.8. The molecule has 1 aliphatic carbocycles. The molecule has 1 saturated carbocycles. The molecule has 110 valence electrons. The molecular formula is C13H18N2O4S. The smallest absolute Gasteiger partial charge is 0.258 e. The Morgan fingerprint density at radius 3 is 2.50 bits per heavy atom. The maximum absolute atomic E-state index is 12.4. The number of non-ortho nitro benzene ring substituents is 1. The van der Waals surface area contributed by atoms with Crippen molar-refractivity contribution in [3.63, 3.8) is 0 Å². The SMILES string of the molecule is Cc1ccc([N+](=O)[O-])cc1S(=O)(=O)NC1CCCCC1. The molecule has 1 aromatic rings. The highest BCUT2D eigenvalue weighted by Crippen LogP contribution is 2.24. The van der Waals surface area contributed by atoms with Gasteiger partial charge in [0.15, 0.2) is 0 Å². The third-order valence-corrected chi connectivity index (χ3v) is 5.26. The molecule has 1 aromatic carbocycles. The van der Waals surface area contributed by atoms with E-state index in [4.69, 9.17) is 0 Å². The highest BCUT2D eigenvalue weighted by Gasteiger charge is 2.24. The molecule has 0 aromatic heterocycles. The van der Waals surface area contributed by atoms with E-state index in [-0.39, 0.29) is 16.6 Å². The van der Waals surface area contributed by atoms with E-state index in [1.165, 1.54) is 12.1 Å². The molecule has 0 atom stereocenters. The molecule has 0 radical (unpaired) electrons. The van der Waals surface area contributed by atoms with Crippen LogP contribution < -0.4 is 4.72 Å². The molecular weight excluding hydrogens is 280 g/mol. The number of nitro groups is 1. The van der Waals surface area contributed by atoms with E-state index in [1.54, 1.807) is 6.92 Å². The van der Waals surface area contributed by atoms with Gasteiger partial charge in [0.1, 0.15) is 0 Å². The predicted octanol–water partition coefficient (Wildman–Crippen LogP) is 2.51. The van der Waals surface area contributed by atoms with Crippen LogP contribution in [0, 0.1) is 17.0 Å². The standard InChI is InChI=1S/C13H18N2O4S/c1-10-7-8-12(15(16)17)9-13(10)20(18,19)14-11-5-3-2-4-6-11/h7-9,11,14H,2-6H2,1H3. The van der Waals surface area contributed by atoms with Crippen LogP contribution >= 0.6 is 0 Å². The number of hydrogen-bond donors (Lipinski definition) is 1. The third kappa shape index (κ3) is 3.34. The first-order valence-electron chi connectivity index (χ1n) is 6.67. The minimum Gasteiger partial charge on any atom is -0.258 e. The number of nitro benzene ring substituents is 1. The van der Waals surface area contributed by atoms with Crippen LogP contribution in [-0.2, 0) is 10.0 Å². The molecule has 1 N–H and O–H groups in total. The largest absolute Gasteiger partial charge is 0.270 e. The van der Waals surface area contributed by atoms with E-state index in [0.717, 1.165) is 38.2 Å². The van der Waals surface area contributed by atoms with Gasteiger partial charge < -0.3 is 0 Å². The van der Waals surface area contributed by atoms with Gasteiger partial charge in [-0.15, -0.1) is 0 Å². The van der Waals surface area contributed by atoms with Crippen LogP contribution in [0.25, 0.3) is 0 Å². The van der Waals surface area contributed by atoms with Crippen LogP contribution in [0.15, 0.2) is 23.1 Å². The fourth-order valence-corrected chi connectivity index (χ4v) is 4.06. The Kier molecular flexibility index (Phi) is 4.39. The van der Waals surface area contributed by atoms with Gasteiger partial charge in [-0.05, 0) is 25.3 Å². The molecule has 7 heteroatoms. The summed E-state index contributed by atoms with van der Waals surface area (Å²) in [7, 11) is -3.70. The Hall–Kier alpha value is -1.47. The average molecular weight is 298 g/mol. The van der Waals surface area contributed by atoms with Crippen LogP contribution in [0.4, 0.5) is 5.69 Å². The Labute approximate surface area is 118 Å². The normalized spacial score (nSPS) is 17.1. The van der Waals surface area contributed by atoms with E-state index in [2.05, 4.69) is 4.72 Å². The van der Waals surface area contributed by atoms with E-state index in [0.29, 0.717) is 5.56 Å². The van der Waals surface area contributed by atoms with Gasteiger partial charge in [0.25, 0.3) is 5.69 Å². The van der Waals surface area contributed by atoms with Crippen molar-refractivity contribution in [1.82, 2.24) is 4.72 Å². The van der Waals surface area contributed by atoms with Crippen molar-refractivity contribution in [2.75, 3.05) is 0 Å². The molecule has 1 aliphatic rings. The van der Waals surface area contributed by atoms with Gasteiger partial charge in [-0.2, -0.15) is 0 Å². The lowest BCUT2D eigenvalue weighted by Gasteiger charge is -2.23. The van der Waals surface area contributed by atoms with Crippen LogP contribution in [0.1, 0.15) is 37.7 Å². The molecule has 2 rings (SSSR count). The first-order chi connectivity index (χ1) is 9.40. The molecule has 0 spiro atoms. The topological polar surface area (TPSA) is 89.3 Å². The number of aryl methyl sites for hydroxylation is 1. The molecule has 0 saturated heterocycles. The van der Waals surface area contributed by atoms with Crippen molar-refractivity contribution >= 4 is 15.7 Å². The zero-order valence-electron chi connectivity index (χ0n) is 11.3. The second-order valence-corrected chi connectivity index (χ2v) is 6.85. The van der Waals surface area contributed by atoms with E-state index in [1.807, 2.05) is 0 Å². The number of sulfonamides is 1.